The zero-order chi connectivity index (χ0) is 10.8. The molecule has 0 N–H and O–H groups in total. The number of ether oxygens (including phenoxy) is 2. The third-order valence-electron chi connectivity index (χ3n) is 2.72. The Morgan fingerprint density at radius 2 is 2.14 bits per heavy atom. The van der Waals surface area contributed by atoms with Gasteiger partial charge in [0.05, 0.1) is 12.2 Å². The van der Waals surface area contributed by atoms with E-state index in [4.69, 9.17) is 9.47 Å². The average molecular weight is 200 g/mol. The number of carbonyl (C=O) groups excluding carboxylic acids is 1. The second-order valence-corrected chi connectivity index (χ2v) is 4.64. The van der Waals surface area contributed by atoms with Crippen molar-refractivity contribution < 1.29 is 14.3 Å². The maximum atomic E-state index is 10.6. The average Bonchev–Trinajstić information content (AvgIpc) is 2.42. The largest absolute Gasteiger partial charge is 0.347 e. The molecule has 0 bridgehead atoms. The first-order valence-corrected chi connectivity index (χ1v) is 5.22. The number of rotatable bonds is 4. The van der Waals surface area contributed by atoms with E-state index in [0.29, 0.717) is 6.61 Å². The van der Waals surface area contributed by atoms with Gasteiger partial charge in [0.2, 0.25) is 0 Å². The predicted molar refractivity (Wildman–Crippen MR) is 54.0 cm³/mol. The van der Waals surface area contributed by atoms with E-state index in [-0.39, 0.29) is 11.5 Å². The molecular weight excluding hydrogens is 180 g/mol. The number of aldehydes is 1. The minimum absolute atomic E-state index is 0.0347. The first kappa shape index (κ1) is 11.7. The van der Waals surface area contributed by atoms with Gasteiger partial charge in [0.15, 0.2) is 5.79 Å². The van der Waals surface area contributed by atoms with Crippen LogP contribution < -0.4 is 0 Å². The van der Waals surface area contributed by atoms with Crippen molar-refractivity contribution in [3.8, 4) is 0 Å². The molecule has 0 radical (unpaired) electrons. The lowest BCUT2D eigenvalue weighted by Gasteiger charge is -2.29. The van der Waals surface area contributed by atoms with Gasteiger partial charge in [0, 0.05) is 5.92 Å². The highest BCUT2D eigenvalue weighted by Crippen LogP contribution is 2.37. The highest BCUT2D eigenvalue weighted by molar-refractivity contribution is 5.52. The van der Waals surface area contributed by atoms with Crippen molar-refractivity contribution in [3.63, 3.8) is 0 Å². The predicted octanol–water partition coefficient (Wildman–Crippen LogP) is 2.14. The minimum Gasteiger partial charge on any atom is -0.347 e. The second-order valence-electron chi connectivity index (χ2n) is 4.64. The van der Waals surface area contributed by atoms with Gasteiger partial charge in [-0.05, 0) is 26.7 Å². The van der Waals surface area contributed by atoms with Crippen LogP contribution in [0.5, 0.6) is 0 Å². The van der Waals surface area contributed by atoms with E-state index >= 15 is 0 Å². The van der Waals surface area contributed by atoms with Gasteiger partial charge in [-0.3, -0.25) is 0 Å². The molecule has 1 aliphatic heterocycles. The molecule has 0 aromatic rings. The SMILES string of the molecule is CC[C@@]1(C[C@H](C)C=O)COC(C)(C)O1. The molecule has 0 saturated carbocycles. The van der Waals surface area contributed by atoms with E-state index < -0.39 is 5.79 Å². The summed E-state index contributed by atoms with van der Waals surface area (Å²) in [6.07, 6.45) is 2.61. The molecule has 3 heteroatoms. The standard InChI is InChI=1S/C11H20O3/c1-5-11(6-9(2)7-12)8-13-10(3,4)14-11/h7,9H,5-6,8H2,1-4H3/t9-,11+/m0/s1. The van der Waals surface area contributed by atoms with E-state index in [2.05, 4.69) is 6.92 Å². The first-order chi connectivity index (χ1) is 6.43. The Morgan fingerprint density at radius 3 is 2.50 bits per heavy atom. The second kappa shape index (κ2) is 3.99. The molecule has 0 aromatic heterocycles. The summed E-state index contributed by atoms with van der Waals surface area (Å²) in [5, 5.41) is 0. The van der Waals surface area contributed by atoms with Crippen LogP contribution in [0.2, 0.25) is 0 Å². The van der Waals surface area contributed by atoms with Gasteiger partial charge >= 0.3 is 0 Å². The van der Waals surface area contributed by atoms with E-state index in [1.807, 2.05) is 20.8 Å². The number of hydrogen-bond donors (Lipinski definition) is 0. The Labute approximate surface area is 85.8 Å². The van der Waals surface area contributed by atoms with Crippen molar-refractivity contribution in [3.05, 3.63) is 0 Å². The van der Waals surface area contributed by atoms with Gasteiger partial charge in [0.1, 0.15) is 6.29 Å². The van der Waals surface area contributed by atoms with Crippen molar-refractivity contribution in [2.45, 2.75) is 51.9 Å². The quantitative estimate of drug-likeness (QED) is 0.652. The van der Waals surface area contributed by atoms with Crippen LogP contribution in [0.4, 0.5) is 0 Å². The Bertz CT molecular complexity index is 213. The molecule has 1 aliphatic rings. The molecule has 82 valence electrons. The van der Waals surface area contributed by atoms with Crippen LogP contribution in [-0.4, -0.2) is 24.3 Å². The molecule has 1 heterocycles. The van der Waals surface area contributed by atoms with Crippen LogP contribution in [0.1, 0.15) is 40.5 Å². The molecule has 14 heavy (non-hydrogen) atoms. The number of hydrogen-bond acceptors (Lipinski definition) is 3. The molecule has 0 spiro atoms. The lowest BCUT2D eigenvalue weighted by molar-refractivity contribution is -0.165. The molecule has 0 amide bonds. The molecule has 3 nitrogen and oxygen atoms in total. The number of carbonyl (C=O) groups is 1. The molecule has 1 rings (SSSR count). The fraction of sp³-hybridized carbons (Fsp3) is 0.909. The molecule has 0 aliphatic carbocycles. The van der Waals surface area contributed by atoms with Crippen LogP contribution in [0, 0.1) is 5.92 Å². The van der Waals surface area contributed by atoms with Crippen LogP contribution in [0.25, 0.3) is 0 Å². The Kier molecular flexibility index (Phi) is 3.32. The van der Waals surface area contributed by atoms with E-state index in [0.717, 1.165) is 19.1 Å². The van der Waals surface area contributed by atoms with Crippen molar-refractivity contribution in [2.24, 2.45) is 5.92 Å². The summed E-state index contributed by atoms with van der Waals surface area (Å²) in [7, 11) is 0. The van der Waals surface area contributed by atoms with Gasteiger partial charge < -0.3 is 14.3 Å². The summed E-state index contributed by atoms with van der Waals surface area (Å²) in [6.45, 7) is 8.40. The molecule has 1 saturated heterocycles. The maximum Gasteiger partial charge on any atom is 0.163 e. The zero-order valence-electron chi connectivity index (χ0n) is 9.50. The monoisotopic (exact) mass is 200 g/mol. The van der Waals surface area contributed by atoms with Gasteiger partial charge in [-0.2, -0.15) is 0 Å². The summed E-state index contributed by atoms with van der Waals surface area (Å²) >= 11 is 0. The lowest BCUT2D eigenvalue weighted by Crippen LogP contribution is -2.35. The Hall–Kier alpha value is -0.410. The zero-order valence-corrected chi connectivity index (χ0v) is 9.50. The smallest absolute Gasteiger partial charge is 0.163 e. The molecule has 0 aromatic carbocycles. The van der Waals surface area contributed by atoms with Crippen LogP contribution in [-0.2, 0) is 14.3 Å². The highest BCUT2D eigenvalue weighted by atomic mass is 16.8. The van der Waals surface area contributed by atoms with E-state index in [9.17, 15) is 4.79 Å². The van der Waals surface area contributed by atoms with E-state index in [1.54, 1.807) is 0 Å². The van der Waals surface area contributed by atoms with Crippen molar-refractivity contribution in [2.75, 3.05) is 6.61 Å². The summed E-state index contributed by atoms with van der Waals surface area (Å²) in [6, 6.07) is 0. The van der Waals surface area contributed by atoms with E-state index in [1.165, 1.54) is 0 Å². The first-order valence-electron chi connectivity index (χ1n) is 5.22. The fourth-order valence-electron chi connectivity index (χ4n) is 1.94. The molecule has 2 atom stereocenters. The topological polar surface area (TPSA) is 35.5 Å². The molecular formula is C11H20O3. The lowest BCUT2D eigenvalue weighted by atomic mass is 9.90. The van der Waals surface area contributed by atoms with Crippen LogP contribution in [0.15, 0.2) is 0 Å². The van der Waals surface area contributed by atoms with Crippen LogP contribution in [0.3, 0.4) is 0 Å². The van der Waals surface area contributed by atoms with Gasteiger partial charge in [-0.25, -0.2) is 0 Å². The third kappa shape index (κ3) is 2.55. The van der Waals surface area contributed by atoms with Gasteiger partial charge in [-0.15, -0.1) is 0 Å². The summed E-state index contributed by atoms with van der Waals surface area (Å²) in [5.41, 5.74) is -0.260. The van der Waals surface area contributed by atoms with Gasteiger partial charge in [0.25, 0.3) is 0 Å². The van der Waals surface area contributed by atoms with Gasteiger partial charge in [-0.1, -0.05) is 13.8 Å². The summed E-state index contributed by atoms with van der Waals surface area (Å²) in [4.78, 5) is 10.6. The molecule has 0 unspecified atom stereocenters. The van der Waals surface area contributed by atoms with Crippen LogP contribution >= 0.6 is 0 Å². The summed E-state index contributed by atoms with van der Waals surface area (Å²) in [5.74, 6) is -0.467. The minimum atomic E-state index is -0.501. The van der Waals surface area contributed by atoms with Crippen molar-refractivity contribution in [1.29, 1.82) is 0 Å². The Balaban J connectivity index is 2.65. The highest BCUT2D eigenvalue weighted by Gasteiger charge is 2.44. The molecule has 1 fully saturated rings. The normalized spacial score (nSPS) is 32.9. The summed E-state index contributed by atoms with van der Waals surface area (Å²) < 4.78 is 11.4. The van der Waals surface area contributed by atoms with Crippen molar-refractivity contribution >= 4 is 6.29 Å². The third-order valence-corrected chi connectivity index (χ3v) is 2.72. The van der Waals surface area contributed by atoms with Crippen molar-refractivity contribution in [1.82, 2.24) is 0 Å². The maximum absolute atomic E-state index is 10.6. The Morgan fingerprint density at radius 1 is 1.50 bits per heavy atom. The fourth-order valence-corrected chi connectivity index (χ4v) is 1.94.